The minimum atomic E-state index is -0.243. The van der Waals surface area contributed by atoms with Gasteiger partial charge in [-0.05, 0) is 33.3 Å². The first-order valence-electron chi connectivity index (χ1n) is 6.27. The Bertz CT molecular complexity index is 547. The molecule has 3 heteroatoms. The van der Waals surface area contributed by atoms with Crippen LogP contribution in [-0.2, 0) is 6.42 Å². The third kappa shape index (κ3) is 2.79. The van der Waals surface area contributed by atoms with Crippen LogP contribution in [0.3, 0.4) is 0 Å². The minimum absolute atomic E-state index is 0.243. The maximum Gasteiger partial charge on any atom is 0.108 e. The number of aryl methyl sites for hydroxylation is 2. The summed E-state index contributed by atoms with van der Waals surface area (Å²) in [4.78, 5) is 8.03. The molecule has 0 aliphatic carbocycles. The standard InChI is InChI=1S/C15H21N3/c1-10-7-5-6-8-12(10)14-11(2)17-13(18-14)9-15(3,4)16/h5-8H,9,16H2,1-4H3,(H,17,18). The van der Waals surface area contributed by atoms with E-state index >= 15 is 0 Å². The number of rotatable bonds is 3. The van der Waals surface area contributed by atoms with Crippen molar-refractivity contribution in [3.05, 3.63) is 41.3 Å². The Morgan fingerprint density at radius 1 is 1.22 bits per heavy atom. The summed E-state index contributed by atoms with van der Waals surface area (Å²) < 4.78 is 0. The van der Waals surface area contributed by atoms with E-state index in [1.807, 2.05) is 26.0 Å². The van der Waals surface area contributed by atoms with E-state index in [2.05, 4.69) is 31.0 Å². The zero-order chi connectivity index (χ0) is 13.3. The summed E-state index contributed by atoms with van der Waals surface area (Å²) in [6, 6.07) is 8.31. The van der Waals surface area contributed by atoms with Gasteiger partial charge in [0, 0.05) is 23.2 Å². The normalized spacial score (nSPS) is 11.8. The Morgan fingerprint density at radius 2 is 1.89 bits per heavy atom. The lowest BCUT2D eigenvalue weighted by Gasteiger charge is -2.15. The van der Waals surface area contributed by atoms with Crippen LogP contribution in [0.2, 0.25) is 0 Å². The molecule has 0 radical (unpaired) electrons. The van der Waals surface area contributed by atoms with Gasteiger partial charge in [-0.15, -0.1) is 0 Å². The van der Waals surface area contributed by atoms with Gasteiger partial charge in [0.2, 0.25) is 0 Å². The fourth-order valence-corrected chi connectivity index (χ4v) is 2.14. The van der Waals surface area contributed by atoms with Crippen LogP contribution in [0.4, 0.5) is 0 Å². The average Bonchev–Trinajstić information content (AvgIpc) is 2.57. The molecular formula is C15H21N3. The zero-order valence-electron chi connectivity index (χ0n) is 11.5. The molecule has 3 nitrogen and oxygen atoms in total. The molecule has 0 bridgehead atoms. The summed E-state index contributed by atoms with van der Waals surface area (Å²) in [6.07, 6.45) is 0.750. The van der Waals surface area contributed by atoms with E-state index < -0.39 is 0 Å². The van der Waals surface area contributed by atoms with Crippen molar-refractivity contribution in [2.45, 2.75) is 39.7 Å². The van der Waals surface area contributed by atoms with E-state index in [9.17, 15) is 0 Å². The van der Waals surface area contributed by atoms with E-state index in [1.54, 1.807) is 0 Å². The van der Waals surface area contributed by atoms with E-state index in [1.165, 1.54) is 11.1 Å². The van der Waals surface area contributed by atoms with Gasteiger partial charge in [0.1, 0.15) is 5.82 Å². The van der Waals surface area contributed by atoms with Crippen LogP contribution < -0.4 is 5.73 Å². The van der Waals surface area contributed by atoms with Crippen LogP contribution in [-0.4, -0.2) is 15.5 Å². The molecular weight excluding hydrogens is 222 g/mol. The molecule has 0 aliphatic heterocycles. The molecule has 0 atom stereocenters. The molecule has 0 aliphatic rings. The quantitative estimate of drug-likeness (QED) is 0.870. The second-order valence-electron chi connectivity index (χ2n) is 5.64. The van der Waals surface area contributed by atoms with Crippen LogP contribution >= 0.6 is 0 Å². The van der Waals surface area contributed by atoms with Crippen molar-refractivity contribution in [2.75, 3.05) is 0 Å². The lowest BCUT2D eigenvalue weighted by atomic mass is 10.0. The fourth-order valence-electron chi connectivity index (χ4n) is 2.14. The monoisotopic (exact) mass is 243 g/mol. The molecule has 1 aromatic heterocycles. The molecule has 2 rings (SSSR count). The molecule has 0 amide bonds. The second kappa shape index (κ2) is 4.58. The predicted octanol–water partition coefficient (Wildman–Crippen LogP) is 2.97. The number of H-pyrrole nitrogens is 1. The van der Waals surface area contributed by atoms with E-state index in [0.717, 1.165) is 23.6 Å². The predicted molar refractivity (Wildman–Crippen MR) is 75.5 cm³/mol. The van der Waals surface area contributed by atoms with Crippen molar-refractivity contribution in [3.63, 3.8) is 0 Å². The maximum atomic E-state index is 6.04. The average molecular weight is 243 g/mol. The van der Waals surface area contributed by atoms with Crippen LogP contribution in [0.25, 0.3) is 11.3 Å². The summed E-state index contributed by atoms with van der Waals surface area (Å²) >= 11 is 0. The van der Waals surface area contributed by atoms with E-state index in [-0.39, 0.29) is 5.54 Å². The van der Waals surface area contributed by atoms with Gasteiger partial charge in [0.05, 0.1) is 5.69 Å². The van der Waals surface area contributed by atoms with Gasteiger partial charge in [-0.2, -0.15) is 0 Å². The molecule has 2 aromatic rings. The highest BCUT2D eigenvalue weighted by molar-refractivity contribution is 5.65. The third-order valence-corrected chi connectivity index (χ3v) is 2.96. The summed E-state index contributed by atoms with van der Waals surface area (Å²) in [7, 11) is 0. The molecule has 0 spiro atoms. The van der Waals surface area contributed by atoms with E-state index in [0.29, 0.717) is 0 Å². The van der Waals surface area contributed by atoms with Crippen LogP contribution in [0, 0.1) is 13.8 Å². The Balaban J connectivity index is 2.39. The summed E-state index contributed by atoms with van der Waals surface area (Å²) in [5, 5.41) is 0. The number of nitrogens with two attached hydrogens (primary N) is 1. The first-order valence-corrected chi connectivity index (χ1v) is 6.27. The van der Waals surface area contributed by atoms with Crippen molar-refractivity contribution in [1.82, 2.24) is 9.97 Å². The van der Waals surface area contributed by atoms with E-state index in [4.69, 9.17) is 10.7 Å². The number of aromatic nitrogens is 2. The molecule has 18 heavy (non-hydrogen) atoms. The lowest BCUT2D eigenvalue weighted by molar-refractivity contribution is 0.504. The molecule has 96 valence electrons. The number of aromatic amines is 1. The lowest BCUT2D eigenvalue weighted by Crippen LogP contribution is -2.34. The maximum absolute atomic E-state index is 6.04. The van der Waals surface area contributed by atoms with Crippen molar-refractivity contribution in [1.29, 1.82) is 0 Å². The molecule has 0 fully saturated rings. The second-order valence-corrected chi connectivity index (χ2v) is 5.64. The Hall–Kier alpha value is -1.61. The Labute approximate surface area is 108 Å². The van der Waals surface area contributed by atoms with Gasteiger partial charge >= 0.3 is 0 Å². The molecule has 3 N–H and O–H groups in total. The topological polar surface area (TPSA) is 54.7 Å². The molecule has 1 aromatic carbocycles. The molecule has 0 unspecified atom stereocenters. The smallest absolute Gasteiger partial charge is 0.108 e. The van der Waals surface area contributed by atoms with Gasteiger partial charge in [-0.3, -0.25) is 0 Å². The minimum Gasteiger partial charge on any atom is -0.346 e. The van der Waals surface area contributed by atoms with Crippen LogP contribution in [0.5, 0.6) is 0 Å². The Morgan fingerprint density at radius 3 is 2.50 bits per heavy atom. The third-order valence-electron chi connectivity index (χ3n) is 2.96. The zero-order valence-corrected chi connectivity index (χ0v) is 11.5. The van der Waals surface area contributed by atoms with Crippen molar-refractivity contribution in [3.8, 4) is 11.3 Å². The van der Waals surface area contributed by atoms with Crippen molar-refractivity contribution >= 4 is 0 Å². The van der Waals surface area contributed by atoms with Gasteiger partial charge in [0.15, 0.2) is 0 Å². The van der Waals surface area contributed by atoms with Crippen LogP contribution in [0.15, 0.2) is 24.3 Å². The van der Waals surface area contributed by atoms with Crippen molar-refractivity contribution < 1.29 is 0 Å². The summed E-state index contributed by atoms with van der Waals surface area (Å²) in [5.74, 6) is 0.957. The number of nitrogens with zero attached hydrogens (tertiary/aromatic N) is 1. The number of imidazole rings is 1. The summed E-state index contributed by atoms with van der Waals surface area (Å²) in [5.41, 5.74) is 10.4. The number of hydrogen-bond acceptors (Lipinski definition) is 2. The molecule has 1 heterocycles. The first kappa shape index (κ1) is 12.8. The number of hydrogen-bond donors (Lipinski definition) is 2. The molecule has 0 saturated heterocycles. The highest BCUT2D eigenvalue weighted by atomic mass is 14.9. The highest BCUT2D eigenvalue weighted by Crippen LogP contribution is 2.25. The van der Waals surface area contributed by atoms with Gasteiger partial charge in [-0.25, -0.2) is 4.98 Å². The largest absolute Gasteiger partial charge is 0.346 e. The number of benzene rings is 1. The van der Waals surface area contributed by atoms with Crippen molar-refractivity contribution in [2.24, 2.45) is 5.73 Å². The van der Waals surface area contributed by atoms with Gasteiger partial charge in [-0.1, -0.05) is 24.3 Å². The highest BCUT2D eigenvalue weighted by Gasteiger charge is 2.17. The van der Waals surface area contributed by atoms with Gasteiger partial charge in [0.25, 0.3) is 0 Å². The number of nitrogens with one attached hydrogen (secondary N) is 1. The molecule has 0 saturated carbocycles. The van der Waals surface area contributed by atoms with Crippen LogP contribution in [0.1, 0.15) is 30.9 Å². The fraction of sp³-hybridized carbons (Fsp3) is 0.400. The van der Waals surface area contributed by atoms with Gasteiger partial charge < -0.3 is 10.7 Å². The summed E-state index contributed by atoms with van der Waals surface area (Å²) in [6.45, 7) is 8.19. The Kier molecular flexibility index (Phi) is 3.26. The first-order chi connectivity index (χ1) is 8.37. The SMILES string of the molecule is Cc1ccccc1-c1nc(CC(C)(C)N)[nH]c1C.